The van der Waals surface area contributed by atoms with Crippen LogP contribution in [0.4, 0.5) is 13.2 Å². The third-order valence-electron chi connectivity index (χ3n) is 2.12. The number of hydrogen-bond donors (Lipinski definition) is 2. The van der Waals surface area contributed by atoms with E-state index in [1.807, 2.05) is 0 Å². The first-order chi connectivity index (χ1) is 7.87. The molecule has 0 atom stereocenters. The summed E-state index contributed by atoms with van der Waals surface area (Å²) >= 11 is 0. The molecule has 17 heavy (non-hydrogen) atoms. The van der Waals surface area contributed by atoms with Gasteiger partial charge < -0.3 is 15.5 Å². The van der Waals surface area contributed by atoms with E-state index in [0.717, 1.165) is 6.07 Å². The van der Waals surface area contributed by atoms with E-state index in [4.69, 9.17) is 5.73 Å². The minimum Gasteiger partial charge on any atom is -0.405 e. The number of amides is 1. The van der Waals surface area contributed by atoms with Crippen molar-refractivity contribution in [1.82, 2.24) is 4.98 Å². The Morgan fingerprint density at radius 3 is 2.65 bits per heavy atom. The molecule has 0 aliphatic carbocycles. The van der Waals surface area contributed by atoms with Crippen molar-refractivity contribution in [2.45, 2.75) is 6.36 Å². The molecule has 7 heteroatoms. The summed E-state index contributed by atoms with van der Waals surface area (Å²) in [5, 5.41) is 0.152. The zero-order valence-corrected chi connectivity index (χ0v) is 8.34. The Bertz CT molecular complexity index is 574. The van der Waals surface area contributed by atoms with Crippen LogP contribution in [-0.2, 0) is 0 Å². The van der Waals surface area contributed by atoms with E-state index in [-0.39, 0.29) is 16.8 Å². The Hall–Kier alpha value is -2.18. The number of alkyl halides is 3. The lowest BCUT2D eigenvalue weighted by Crippen LogP contribution is -2.17. The molecule has 1 amide bonds. The number of aromatic nitrogens is 1. The van der Waals surface area contributed by atoms with Crippen LogP contribution in [-0.4, -0.2) is 17.3 Å². The summed E-state index contributed by atoms with van der Waals surface area (Å²) in [6.07, 6.45) is -4.78. The number of ether oxygens (including phenoxy) is 1. The number of benzene rings is 1. The van der Waals surface area contributed by atoms with Crippen LogP contribution in [0.3, 0.4) is 0 Å². The molecule has 90 valence electrons. The maximum Gasteiger partial charge on any atom is 0.573 e. The standard InChI is InChI=1S/C10H7F3N2O2/c11-10(12,13)17-8-3-1-2-6-5(8)4-7(15-6)9(14)16/h1-4,15H,(H2,14,16). The molecule has 0 saturated carbocycles. The average molecular weight is 244 g/mol. The van der Waals surface area contributed by atoms with Crippen molar-refractivity contribution in [2.75, 3.05) is 0 Å². The summed E-state index contributed by atoms with van der Waals surface area (Å²) in [6.45, 7) is 0. The fraction of sp³-hybridized carbons (Fsp3) is 0.100. The van der Waals surface area contributed by atoms with Crippen LogP contribution in [0.15, 0.2) is 24.3 Å². The molecule has 0 aliphatic rings. The third kappa shape index (κ3) is 2.32. The van der Waals surface area contributed by atoms with Crippen molar-refractivity contribution in [3.63, 3.8) is 0 Å². The number of nitrogens with one attached hydrogen (secondary N) is 1. The highest BCUT2D eigenvalue weighted by Gasteiger charge is 2.32. The molecular formula is C10H7F3N2O2. The molecule has 0 bridgehead atoms. The molecule has 0 radical (unpaired) electrons. The van der Waals surface area contributed by atoms with Gasteiger partial charge in [0.05, 0.1) is 0 Å². The minimum absolute atomic E-state index is 0.0261. The van der Waals surface area contributed by atoms with Crippen LogP contribution in [0.25, 0.3) is 10.9 Å². The predicted octanol–water partition coefficient (Wildman–Crippen LogP) is 2.17. The van der Waals surface area contributed by atoms with Crippen LogP contribution >= 0.6 is 0 Å². The highest BCUT2D eigenvalue weighted by molar-refractivity contribution is 5.98. The lowest BCUT2D eigenvalue weighted by molar-refractivity contribution is -0.274. The van der Waals surface area contributed by atoms with Gasteiger partial charge in [0.1, 0.15) is 11.4 Å². The molecule has 2 rings (SSSR count). The lowest BCUT2D eigenvalue weighted by atomic mass is 10.2. The van der Waals surface area contributed by atoms with E-state index in [9.17, 15) is 18.0 Å². The van der Waals surface area contributed by atoms with Gasteiger partial charge in [-0.15, -0.1) is 13.2 Å². The Balaban J connectivity index is 2.53. The number of aromatic amines is 1. The average Bonchev–Trinajstić information content (AvgIpc) is 2.60. The maximum atomic E-state index is 12.1. The van der Waals surface area contributed by atoms with E-state index < -0.39 is 12.3 Å². The number of halogens is 3. The van der Waals surface area contributed by atoms with Crippen molar-refractivity contribution in [3.05, 3.63) is 30.0 Å². The molecule has 0 spiro atoms. The SMILES string of the molecule is NC(=O)c1cc2c(OC(F)(F)F)cccc2[nH]1. The van der Waals surface area contributed by atoms with Crippen LogP contribution in [0.2, 0.25) is 0 Å². The summed E-state index contributed by atoms with van der Waals surface area (Å²) < 4.78 is 40.2. The number of fused-ring (bicyclic) bond motifs is 1. The van der Waals surface area contributed by atoms with Gasteiger partial charge in [0.15, 0.2) is 0 Å². The van der Waals surface area contributed by atoms with E-state index in [0.29, 0.717) is 5.52 Å². The van der Waals surface area contributed by atoms with Gasteiger partial charge in [-0.25, -0.2) is 0 Å². The first-order valence-corrected chi connectivity index (χ1v) is 4.54. The predicted molar refractivity (Wildman–Crippen MR) is 53.5 cm³/mol. The van der Waals surface area contributed by atoms with Crippen LogP contribution in [0, 0.1) is 0 Å². The molecule has 0 unspecified atom stereocenters. The summed E-state index contributed by atoms with van der Waals surface area (Å²) in [5.74, 6) is -1.13. The molecule has 1 aromatic heterocycles. The van der Waals surface area contributed by atoms with E-state index in [1.54, 1.807) is 0 Å². The third-order valence-corrected chi connectivity index (χ3v) is 2.12. The monoisotopic (exact) mass is 244 g/mol. The van der Waals surface area contributed by atoms with E-state index in [2.05, 4.69) is 9.72 Å². The number of nitrogens with two attached hydrogens (primary N) is 1. The highest BCUT2D eigenvalue weighted by atomic mass is 19.4. The molecule has 0 aliphatic heterocycles. The van der Waals surface area contributed by atoms with E-state index in [1.165, 1.54) is 18.2 Å². The molecule has 0 fully saturated rings. The number of H-pyrrole nitrogens is 1. The number of hydrogen-bond acceptors (Lipinski definition) is 2. The number of primary amides is 1. The Morgan fingerprint density at radius 2 is 2.06 bits per heavy atom. The molecule has 1 heterocycles. The number of carbonyl (C=O) groups excluding carboxylic acids is 1. The zero-order valence-electron chi connectivity index (χ0n) is 8.34. The first-order valence-electron chi connectivity index (χ1n) is 4.54. The second-order valence-electron chi connectivity index (χ2n) is 3.31. The van der Waals surface area contributed by atoms with Gasteiger partial charge in [-0.3, -0.25) is 4.79 Å². The van der Waals surface area contributed by atoms with Gasteiger partial charge in [-0.2, -0.15) is 0 Å². The van der Waals surface area contributed by atoms with Gasteiger partial charge in [0, 0.05) is 10.9 Å². The summed E-state index contributed by atoms with van der Waals surface area (Å²) in [7, 11) is 0. The van der Waals surface area contributed by atoms with Gasteiger partial charge >= 0.3 is 6.36 Å². The van der Waals surface area contributed by atoms with Crippen LogP contribution < -0.4 is 10.5 Å². The minimum atomic E-state index is -4.78. The van der Waals surface area contributed by atoms with Gasteiger partial charge in [0.2, 0.25) is 0 Å². The van der Waals surface area contributed by atoms with Gasteiger partial charge in [0.25, 0.3) is 5.91 Å². The van der Waals surface area contributed by atoms with Crippen LogP contribution in [0.1, 0.15) is 10.5 Å². The smallest absolute Gasteiger partial charge is 0.405 e. The first kappa shape index (κ1) is 11.3. The lowest BCUT2D eigenvalue weighted by Gasteiger charge is -2.09. The summed E-state index contributed by atoms with van der Waals surface area (Å²) in [4.78, 5) is 13.5. The van der Waals surface area contributed by atoms with Crippen LogP contribution in [0.5, 0.6) is 5.75 Å². The van der Waals surface area contributed by atoms with Crippen molar-refractivity contribution in [1.29, 1.82) is 0 Å². The van der Waals surface area contributed by atoms with E-state index >= 15 is 0 Å². The second-order valence-corrected chi connectivity index (χ2v) is 3.31. The fourth-order valence-electron chi connectivity index (χ4n) is 1.47. The number of rotatable bonds is 2. The molecule has 3 N–H and O–H groups in total. The Labute approximate surface area is 93.2 Å². The van der Waals surface area contributed by atoms with Crippen molar-refractivity contribution in [3.8, 4) is 5.75 Å². The topological polar surface area (TPSA) is 68.1 Å². The van der Waals surface area contributed by atoms with Crippen molar-refractivity contribution < 1.29 is 22.7 Å². The molecule has 1 aromatic carbocycles. The fourth-order valence-corrected chi connectivity index (χ4v) is 1.47. The number of carbonyl (C=O) groups is 1. The highest BCUT2D eigenvalue weighted by Crippen LogP contribution is 2.30. The Kier molecular flexibility index (Phi) is 2.45. The zero-order chi connectivity index (χ0) is 12.6. The largest absolute Gasteiger partial charge is 0.573 e. The maximum absolute atomic E-state index is 12.1. The van der Waals surface area contributed by atoms with Crippen molar-refractivity contribution >= 4 is 16.8 Å². The second kappa shape index (κ2) is 3.69. The normalized spacial score (nSPS) is 11.7. The summed E-state index contributed by atoms with van der Waals surface area (Å²) in [5.41, 5.74) is 5.40. The Morgan fingerprint density at radius 1 is 1.35 bits per heavy atom. The molecular weight excluding hydrogens is 237 g/mol. The molecule has 4 nitrogen and oxygen atoms in total. The van der Waals surface area contributed by atoms with Gasteiger partial charge in [-0.05, 0) is 18.2 Å². The van der Waals surface area contributed by atoms with Crippen molar-refractivity contribution in [2.24, 2.45) is 5.73 Å². The van der Waals surface area contributed by atoms with Gasteiger partial charge in [-0.1, -0.05) is 6.07 Å². The quantitative estimate of drug-likeness (QED) is 0.849. The summed E-state index contributed by atoms with van der Waals surface area (Å²) in [6, 6.07) is 5.28. The molecule has 0 saturated heterocycles. The molecule has 2 aromatic rings.